The third kappa shape index (κ3) is 2.40. The fourth-order valence-corrected chi connectivity index (χ4v) is 1.53. The minimum atomic E-state index is -1.38. The summed E-state index contributed by atoms with van der Waals surface area (Å²) in [6.45, 7) is 0. The number of benzene rings is 1. The Morgan fingerprint density at radius 2 is 2.06 bits per heavy atom. The van der Waals surface area contributed by atoms with E-state index in [0.717, 1.165) is 17.2 Å². The van der Waals surface area contributed by atoms with E-state index >= 15 is 0 Å². The molecule has 5 heteroatoms. The van der Waals surface area contributed by atoms with Gasteiger partial charge in [-0.2, -0.15) is 0 Å². The zero-order valence-corrected chi connectivity index (χ0v) is 9.62. The van der Waals surface area contributed by atoms with E-state index in [2.05, 4.69) is 4.98 Å². The highest BCUT2D eigenvalue weighted by atomic mass is 16.5. The Labute approximate surface area is 103 Å². The quantitative estimate of drug-likeness (QED) is 0.640. The van der Waals surface area contributed by atoms with Crippen LogP contribution >= 0.6 is 0 Å². The number of rotatable bonds is 3. The molecule has 0 aliphatic carbocycles. The number of carbonyl (C=O) groups is 1. The maximum atomic E-state index is 10.5. The zero-order chi connectivity index (χ0) is 13.1. The van der Waals surface area contributed by atoms with Crippen LogP contribution in [0.4, 0.5) is 0 Å². The lowest BCUT2D eigenvalue weighted by atomic mass is 10.2. The lowest BCUT2D eigenvalue weighted by molar-refractivity contribution is -0.135. The molecular formula is C13H11NO4. The van der Waals surface area contributed by atoms with Crippen molar-refractivity contribution < 1.29 is 19.7 Å². The molecule has 0 bridgehead atoms. The second-order valence-electron chi connectivity index (χ2n) is 3.63. The Kier molecular flexibility index (Phi) is 3.14. The molecule has 2 N–H and O–H groups in total. The van der Waals surface area contributed by atoms with Gasteiger partial charge >= 0.3 is 5.97 Å². The van der Waals surface area contributed by atoms with E-state index in [-0.39, 0.29) is 0 Å². The van der Waals surface area contributed by atoms with E-state index in [9.17, 15) is 4.79 Å². The number of fused-ring (bicyclic) bond motifs is 1. The van der Waals surface area contributed by atoms with Crippen molar-refractivity contribution in [2.75, 3.05) is 7.11 Å². The number of carboxylic acid groups (broad SMARTS) is 1. The summed E-state index contributed by atoms with van der Waals surface area (Å²) in [6, 6.07) is 8.77. The van der Waals surface area contributed by atoms with Gasteiger partial charge in [0.15, 0.2) is 0 Å². The molecule has 0 fully saturated rings. The Morgan fingerprint density at radius 1 is 1.28 bits per heavy atom. The van der Waals surface area contributed by atoms with Gasteiger partial charge in [0.05, 0.1) is 18.3 Å². The molecule has 0 atom stereocenters. The van der Waals surface area contributed by atoms with Crippen molar-refractivity contribution in [3.63, 3.8) is 0 Å². The molecule has 18 heavy (non-hydrogen) atoms. The van der Waals surface area contributed by atoms with Crippen LogP contribution in [0.2, 0.25) is 0 Å². The molecule has 0 radical (unpaired) electrons. The molecule has 1 heterocycles. The first-order chi connectivity index (χ1) is 8.60. The summed E-state index contributed by atoms with van der Waals surface area (Å²) < 4.78 is 5.09. The molecule has 0 aliphatic heterocycles. The minimum absolute atomic E-state index is 0.382. The van der Waals surface area contributed by atoms with Crippen molar-refractivity contribution >= 4 is 22.9 Å². The van der Waals surface area contributed by atoms with Crippen LogP contribution < -0.4 is 4.74 Å². The number of aliphatic carboxylic acids is 1. The molecule has 2 rings (SSSR count). The van der Waals surface area contributed by atoms with Crippen molar-refractivity contribution in [3.05, 3.63) is 41.8 Å². The third-order valence-electron chi connectivity index (χ3n) is 2.42. The van der Waals surface area contributed by atoms with Crippen molar-refractivity contribution in [1.82, 2.24) is 4.98 Å². The molecular weight excluding hydrogens is 234 g/mol. The van der Waals surface area contributed by atoms with E-state index in [4.69, 9.17) is 14.9 Å². The maximum absolute atomic E-state index is 10.5. The topological polar surface area (TPSA) is 79.7 Å². The summed E-state index contributed by atoms with van der Waals surface area (Å²) >= 11 is 0. The van der Waals surface area contributed by atoms with Gasteiger partial charge in [0.2, 0.25) is 5.76 Å². The van der Waals surface area contributed by atoms with Gasteiger partial charge in [-0.25, -0.2) is 9.78 Å². The van der Waals surface area contributed by atoms with Crippen molar-refractivity contribution in [1.29, 1.82) is 0 Å². The first-order valence-electron chi connectivity index (χ1n) is 5.19. The molecule has 5 nitrogen and oxygen atoms in total. The van der Waals surface area contributed by atoms with Gasteiger partial charge in [0, 0.05) is 11.5 Å². The van der Waals surface area contributed by atoms with Gasteiger partial charge in [-0.3, -0.25) is 0 Å². The molecule has 0 spiro atoms. The van der Waals surface area contributed by atoms with Crippen LogP contribution in [0, 0.1) is 0 Å². The highest BCUT2D eigenvalue weighted by molar-refractivity contribution is 5.89. The second-order valence-corrected chi connectivity index (χ2v) is 3.63. The third-order valence-corrected chi connectivity index (χ3v) is 2.42. The first kappa shape index (κ1) is 11.9. The second kappa shape index (κ2) is 4.75. The van der Waals surface area contributed by atoms with Crippen molar-refractivity contribution in [3.8, 4) is 5.75 Å². The first-order valence-corrected chi connectivity index (χ1v) is 5.19. The molecule has 0 amide bonds. The fourth-order valence-electron chi connectivity index (χ4n) is 1.53. The molecule has 0 saturated heterocycles. The molecule has 1 aromatic carbocycles. The monoisotopic (exact) mass is 245 g/mol. The number of aliphatic hydroxyl groups is 1. The predicted octanol–water partition coefficient (Wildman–Crippen LogP) is 2.23. The number of aromatic nitrogens is 1. The maximum Gasteiger partial charge on any atom is 0.371 e. The van der Waals surface area contributed by atoms with Crippen LogP contribution in [0.25, 0.3) is 17.0 Å². The summed E-state index contributed by atoms with van der Waals surface area (Å²) in [4.78, 5) is 14.7. The number of nitrogens with zero attached hydrogens (tertiary/aromatic N) is 1. The molecule has 0 unspecified atom stereocenters. The molecule has 0 saturated carbocycles. The van der Waals surface area contributed by atoms with Crippen LogP contribution in [0.3, 0.4) is 0 Å². The molecule has 0 aliphatic rings. The molecule has 1 aromatic heterocycles. The number of aliphatic hydroxyl groups excluding tert-OH is 1. The average molecular weight is 245 g/mol. The van der Waals surface area contributed by atoms with E-state index in [1.54, 1.807) is 31.4 Å². The summed E-state index contributed by atoms with van der Waals surface area (Å²) in [5, 5.41) is 18.6. The number of methoxy groups -OCH3 is 1. The number of ether oxygens (including phenoxy) is 1. The predicted molar refractivity (Wildman–Crippen MR) is 66.5 cm³/mol. The Bertz CT molecular complexity index is 634. The van der Waals surface area contributed by atoms with Crippen LogP contribution in [0.15, 0.2) is 36.1 Å². The lowest BCUT2D eigenvalue weighted by Crippen LogP contribution is -1.99. The standard InChI is InChI=1S/C13H11NO4/c1-18-10-4-5-11-8(6-10)2-3-9(14-11)7-12(15)13(16)17/h2-7,15H,1H3,(H,16,17)/b12-7-. The van der Waals surface area contributed by atoms with Gasteiger partial charge < -0.3 is 14.9 Å². The number of hydrogen-bond donors (Lipinski definition) is 2. The largest absolute Gasteiger partial charge is 0.502 e. The van der Waals surface area contributed by atoms with Crippen LogP contribution in [-0.2, 0) is 4.79 Å². The van der Waals surface area contributed by atoms with Crippen molar-refractivity contribution in [2.45, 2.75) is 0 Å². The SMILES string of the molecule is COc1ccc2nc(/C=C(\O)C(=O)O)ccc2c1. The van der Waals surface area contributed by atoms with E-state index < -0.39 is 11.7 Å². The number of pyridine rings is 1. The number of carboxylic acids is 1. The van der Waals surface area contributed by atoms with E-state index in [1.807, 2.05) is 6.07 Å². The average Bonchev–Trinajstić information content (AvgIpc) is 2.37. The summed E-state index contributed by atoms with van der Waals surface area (Å²) in [7, 11) is 1.58. The summed E-state index contributed by atoms with van der Waals surface area (Å²) in [5.74, 6) is -1.40. The van der Waals surface area contributed by atoms with E-state index in [0.29, 0.717) is 11.2 Å². The highest BCUT2D eigenvalue weighted by Gasteiger charge is 2.05. The van der Waals surface area contributed by atoms with Crippen LogP contribution in [0.5, 0.6) is 5.75 Å². The fraction of sp³-hybridized carbons (Fsp3) is 0.0769. The summed E-state index contributed by atoms with van der Waals surface area (Å²) in [6.07, 6.45) is 1.10. The Hall–Kier alpha value is -2.56. The van der Waals surface area contributed by atoms with E-state index in [1.165, 1.54) is 0 Å². The molecule has 92 valence electrons. The van der Waals surface area contributed by atoms with Gasteiger partial charge in [-0.05, 0) is 24.3 Å². The van der Waals surface area contributed by atoms with Gasteiger partial charge in [-0.15, -0.1) is 0 Å². The summed E-state index contributed by atoms with van der Waals surface area (Å²) in [5.41, 5.74) is 1.08. The Balaban J connectivity index is 2.45. The van der Waals surface area contributed by atoms with Gasteiger partial charge in [0.25, 0.3) is 0 Å². The van der Waals surface area contributed by atoms with Crippen LogP contribution in [0.1, 0.15) is 5.69 Å². The Morgan fingerprint density at radius 3 is 2.72 bits per heavy atom. The smallest absolute Gasteiger partial charge is 0.371 e. The highest BCUT2D eigenvalue weighted by Crippen LogP contribution is 2.20. The van der Waals surface area contributed by atoms with Crippen molar-refractivity contribution in [2.24, 2.45) is 0 Å². The van der Waals surface area contributed by atoms with Gasteiger partial charge in [-0.1, -0.05) is 6.07 Å². The van der Waals surface area contributed by atoms with Crippen LogP contribution in [-0.4, -0.2) is 28.3 Å². The normalized spacial score (nSPS) is 11.5. The zero-order valence-electron chi connectivity index (χ0n) is 9.62. The lowest BCUT2D eigenvalue weighted by Gasteiger charge is -2.02. The van der Waals surface area contributed by atoms with Gasteiger partial charge in [0.1, 0.15) is 5.75 Å². The minimum Gasteiger partial charge on any atom is -0.502 e. The molecule has 2 aromatic rings. The number of hydrogen-bond acceptors (Lipinski definition) is 4.